The van der Waals surface area contributed by atoms with Gasteiger partial charge < -0.3 is 4.57 Å². The van der Waals surface area contributed by atoms with Crippen LogP contribution in [-0.4, -0.2) is 41.7 Å². The number of hydrogen-bond acceptors (Lipinski definition) is 4. The van der Waals surface area contributed by atoms with Crippen LogP contribution < -0.4 is 5.69 Å². The largest absolute Gasteiger partial charge is 0.418 e. The lowest BCUT2D eigenvalue weighted by Gasteiger charge is -2.42. The number of aromatic nitrogens is 5. The lowest BCUT2D eigenvalue weighted by atomic mass is 9.65. The van der Waals surface area contributed by atoms with Gasteiger partial charge >= 0.3 is 11.9 Å². The number of pyridine rings is 1. The molecule has 4 atom stereocenters. The zero-order valence-electron chi connectivity index (χ0n) is 22.0. The first kappa shape index (κ1) is 24.4. The molecule has 0 radical (unpaired) electrons. The standard InChI is InChI=1S/C28H35F3N6O/c1-18-8-22(24-33-32-17-34(24)2)27(10-18)5-3-4-20(11-27)36-14-23-21(28(29,30)31)9-19(13-37(23)25(36)38)12-35-15-26(16-35)6-7-26/h9,13-14,17-18,20,22H,3-8,10-12,15-16H2,1-2H3/t18-,20?,22?,27?/m0/s1. The minimum Gasteiger partial charge on any atom is -0.320 e. The molecule has 3 aliphatic carbocycles. The van der Waals surface area contributed by atoms with Crippen molar-refractivity contribution in [1.82, 2.24) is 28.6 Å². The molecular weight excluding hydrogens is 493 g/mol. The van der Waals surface area contributed by atoms with Crippen LogP contribution >= 0.6 is 0 Å². The summed E-state index contributed by atoms with van der Waals surface area (Å²) < 4.78 is 47.5. The predicted octanol–water partition coefficient (Wildman–Crippen LogP) is 5.16. The highest BCUT2D eigenvalue weighted by atomic mass is 19.4. The topological polar surface area (TPSA) is 60.4 Å². The van der Waals surface area contributed by atoms with E-state index in [1.165, 1.54) is 29.5 Å². The van der Waals surface area contributed by atoms with Gasteiger partial charge in [0.2, 0.25) is 0 Å². The number of nitrogens with zero attached hydrogens (tertiary/aromatic N) is 6. The lowest BCUT2D eigenvalue weighted by molar-refractivity contribution is -0.136. The van der Waals surface area contributed by atoms with Gasteiger partial charge in [-0.2, -0.15) is 13.2 Å². The molecule has 0 aromatic carbocycles. The van der Waals surface area contributed by atoms with Crippen LogP contribution in [-0.2, 0) is 19.8 Å². The summed E-state index contributed by atoms with van der Waals surface area (Å²) in [5.41, 5.74) is -0.174. The van der Waals surface area contributed by atoms with E-state index in [0.29, 0.717) is 23.4 Å². The Hall–Kier alpha value is -2.62. The summed E-state index contributed by atoms with van der Waals surface area (Å²) in [5, 5.41) is 8.56. The molecule has 7 nitrogen and oxygen atoms in total. The van der Waals surface area contributed by atoms with E-state index in [9.17, 15) is 18.0 Å². The molecule has 1 aliphatic heterocycles. The van der Waals surface area contributed by atoms with Crippen LogP contribution in [0.3, 0.4) is 0 Å². The molecule has 3 aromatic rings. The van der Waals surface area contributed by atoms with Gasteiger partial charge in [-0.3, -0.25) is 13.9 Å². The van der Waals surface area contributed by atoms with Gasteiger partial charge in [-0.05, 0) is 73.3 Å². The number of aryl methyl sites for hydroxylation is 1. The van der Waals surface area contributed by atoms with Crippen LogP contribution in [0.5, 0.6) is 0 Å². The van der Waals surface area contributed by atoms with Crippen LogP contribution in [0.2, 0.25) is 0 Å². The number of hydrogen-bond donors (Lipinski definition) is 0. The summed E-state index contributed by atoms with van der Waals surface area (Å²) in [6.07, 6.45) is 8.37. The molecule has 7 rings (SSSR count). The van der Waals surface area contributed by atoms with Gasteiger partial charge in [-0.15, -0.1) is 10.2 Å². The first-order valence-corrected chi connectivity index (χ1v) is 14.0. The number of halogens is 3. The van der Waals surface area contributed by atoms with Crippen molar-refractivity contribution >= 4 is 5.52 Å². The number of alkyl halides is 3. The number of fused-ring (bicyclic) bond motifs is 1. The molecule has 4 aliphatic rings. The Balaban J connectivity index is 1.24. The van der Waals surface area contributed by atoms with E-state index in [1.54, 1.807) is 17.1 Å². The third kappa shape index (κ3) is 3.85. The summed E-state index contributed by atoms with van der Waals surface area (Å²) in [4.78, 5) is 15.9. The molecule has 3 aromatic heterocycles. The van der Waals surface area contributed by atoms with E-state index < -0.39 is 11.7 Å². The van der Waals surface area contributed by atoms with Crippen molar-refractivity contribution in [1.29, 1.82) is 0 Å². The second-order valence-electron chi connectivity index (χ2n) is 13.0. The van der Waals surface area contributed by atoms with Crippen LogP contribution in [0.1, 0.15) is 87.2 Å². The van der Waals surface area contributed by atoms with Crippen LogP contribution in [0.25, 0.3) is 5.52 Å². The van der Waals surface area contributed by atoms with E-state index in [2.05, 4.69) is 22.0 Å². The molecule has 38 heavy (non-hydrogen) atoms. The van der Waals surface area contributed by atoms with Crippen molar-refractivity contribution in [3.63, 3.8) is 0 Å². The highest BCUT2D eigenvalue weighted by Gasteiger charge is 2.52. The lowest BCUT2D eigenvalue weighted by Crippen LogP contribution is -2.47. The number of likely N-dealkylation sites (tertiary alicyclic amines) is 1. The maximum absolute atomic E-state index is 14.2. The summed E-state index contributed by atoms with van der Waals surface area (Å²) in [7, 11) is 1.97. The van der Waals surface area contributed by atoms with Crippen molar-refractivity contribution in [3.05, 3.63) is 52.2 Å². The molecule has 3 saturated carbocycles. The molecule has 204 valence electrons. The Morgan fingerprint density at radius 1 is 1.13 bits per heavy atom. The molecule has 4 fully saturated rings. The van der Waals surface area contributed by atoms with Gasteiger partial charge in [0.1, 0.15) is 12.2 Å². The molecule has 0 bridgehead atoms. The summed E-state index contributed by atoms with van der Waals surface area (Å²) in [5.74, 6) is 1.74. The average Bonchev–Trinajstić information content (AvgIpc) is 3.27. The fraction of sp³-hybridized carbons (Fsp3) is 0.679. The van der Waals surface area contributed by atoms with Crippen molar-refractivity contribution in [2.24, 2.45) is 23.8 Å². The highest BCUT2D eigenvalue weighted by molar-refractivity contribution is 5.56. The van der Waals surface area contributed by atoms with E-state index in [4.69, 9.17) is 0 Å². The predicted molar refractivity (Wildman–Crippen MR) is 136 cm³/mol. The van der Waals surface area contributed by atoms with Crippen molar-refractivity contribution < 1.29 is 13.2 Å². The first-order valence-electron chi connectivity index (χ1n) is 14.0. The van der Waals surface area contributed by atoms with E-state index in [1.807, 2.05) is 11.6 Å². The van der Waals surface area contributed by atoms with Gasteiger partial charge in [0.25, 0.3) is 0 Å². The van der Waals surface area contributed by atoms with Gasteiger partial charge in [-0.1, -0.05) is 13.3 Å². The van der Waals surface area contributed by atoms with E-state index in [-0.39, 0.29) is 28.6 Å². The molecule has 3 unspecified atom stereocenters. The Labute approximate surface area is 219 Å². The minimum absolute atomic E-state index is 0.0228. The van der Waals surface area contributed by atoms with Gasteiger partial charge in [0.05, 0.1) is 11.1 Å². The zero-order valence-corrected chi connectivity index (χ0v) is 22.0. The van der Waals surface area contributed by atoms with Crippen LogP contribution in [0.4, 0.5) is 13.2 Å². The van der Waals surface area contributed by atoms with Crippen LogP contribution in [0.15, 0.2) is 29.6 Å². The normalized spacial score (nSPS) is 30.9. The Bertz CT molecular complexity index is 1440. The quantitative estimate of drug-likeness (QED) is 0.470. The van der Waals surface area contributed by atoms with Crippen molar-refractivity contribution in [3.8, 4) is 0 Å². The second-order valence-corrected chi connectivity index (χ2v) is 13.0. The summed E-state index contributed by atoms with van der Waals surface area (Å²) in [6.45, 7) is 4.60. The molecule has 2 spiro atoms. The van der Waals surface area contributed by atoms with E-state index >= 15 is 0 Å². The van der Waals surface area contributed by atoms with E-state index in [0.717, 1.165) is 57.4 Å². The molecule has 1 saturated heterocycles. The minimum atomic E-state index is -4.53. The van der Waals surface area contributed by atoms with Crippen molar-refractivity contribution in [2.75, 3.05) is 13.1 Å². The smallest absolute Gasteiger partial charge is 0.320 e. The molecule has 4 heterocycles. The zero-order chi connectivity index (χ0) is 26.4. The fourth-order valence-electron chi connectivity index (χ4n) is 8.26. The number of imidazole rings is 1. The second kappa shape index (κ2) is 8.19. The van der Waals surface area contributed by atoms with Crippen molar-refractivity contribution in [2.45, 2.75) is 83.0 Å². The molecule has 0 amide bonds. The molecule has 10 heteroatoms. The SMILES string of the molecule is C[C@H]1CC(c2nncn2C)C2(CCCC(n3cc4c(C(F)(F)F)cc(CN5CC6(CC6)C5)cn4c3=O)C2)C1. The highest BCUT2D eigenvalue weighted by Crippen LogP contribution is 2.60. The van der Waals surface area contributed by atoms with Gasteiger partial charge in [0, 0.05) is 51.0 Å². The monoisotopic (exact) mass is 528 g/mol. The molecule has 0 N–H and O–H groups in total. The number of rotatable bonds is 4. The maximum atomic E-state index is 14.2. The first-order chi connectivity index (χ1) is 18.1. The third-order valence-corrected chi connectivity index (χ3v) is 10.1. The maximum Gasteiger partial charge on any atom is 0.418 e. The van der Waals surface area contributed by atoms with Gasteiger partial charge in [-0.25, -0.2) is 4.79 Å². The van der Waals surface area contributed by atoms with Crippen LogP contribution in [0, 0.1) is 16.7 Å². The van der Waals surface area contributed by atoms with Gasteiger partial charge in [0.15, 0.2) is 0 Å². The summed E-state index contributed by atoms with van der Waals surface area (Å²) >= 11 is 0. The Morgan fingerprint density at radius 2 is 1.92 bits per heavy atom. The Kier molecular flexibility index (Phi) is 5.27. The Morgan fingerprint density at radius 3 is 2.61 bits per heavy atom. The third-order valence-electron chi connectivity index (χ3n) is 10.1. The average molecular weight is 529 g/mol. The fourth-order valence-corrected chi connectivity index (χ4v) is 8.26. The summed E-state index contributed by atoms with van der Waals surface area (Å²) in [6, 6.07) is 1.12. The molecular formula is C28H35F3N6O.